The predicted molar refractivity (Wildman–Crippen MR) is 183 cm³/mol. The lowest BCUT2D eigenvalue weighted by atomic mass is 10.1. The number of nitriles is 1. The van der Waals surface area contributed by atoms with E-state index < -0.39 is 5.79 Å². The highest BCUT2D eigenvalue weighted by molar-refractivity contribution is 5.59. The maximum Gasteiger partial charge on any atom is 0.350 e. The molecule has 2 aliphatic rings. The minimum absolute atomic E-state index is 0.0529. The highest BCUT2D eigenvalue weighted by atomic mass is 16.8. The van der Waals surface area contributed by atoms with Crippen molar-refractivity contribution in [2.45, 2.75) is 44.7 Å². The summed E-state index contributed by atoms with van der Waals surface area (Å²) in [6.07, 6.45) is 5.32. The second kappa shape index (κ2) is 14.0. The first-order chi connectivity index (χ1) is 24.0. The number of rotatable bonds is 11. The maximum atomic E-state index is 12.8. The molecule has 0 saturated carbocycles. The summed E-state index contributed by atoms with van der Waals surface area (Å²) >= 11 is 0. The Labute approximate surface area is 284 Å². The van der Waals surface area contributed by atoms with Crippen molar-refractivity contribution in [1.82, 2.24) is 29.3 Å². The van der Waals surface area contributed by atoms with Crippen LogP contribution in [0.25, 0.3) is 5.69 Å². The summed E-state index contributed by atoms with van der Waals surface area (Å²) in [4.78, 5) is 19.0. The van der Waals surface area contributed by atoms with Gasteiger partial charge in [0.15, 0.2) is 0 Å². The molecule has 0 N–H and O–H groups in total. The molecule has 252 valence electrons. The Morgan fingerprint density at radius 1 is 0.939 bits per heavy atom. The summed E-state index contributed by atoms with van der Waals surface area (Å²) in [5.74, 6) is -0.537. The largest absolute Gasteiger partial charge is 0.489 e. The minimum atomic E-state index is -1.04. The highest BCUT2D eigenvalue weighted by Crippen LogP contribution is 2.36. The fourth-order valence-electron chi connectivity index (χ4n) is 6.30. The zero-order valence-electron chi connectivity index (χ0n) is 27.6. The molecule has 1 unspecified atom stereocenters. The highest BCUT2D eigenvalue weighted by Gasteiger charge is 2.44. The van der Waals surface area contributed by atoms with Crippen LogP contribution >= 0.6 is 0 Å². The summed E-state index contributed by atoms with van der Waals surface area (Å²) in [6.45, 7) is 8.12. The molecule has 49 heavy (non-hydrogen) atoms. The van der Waals surface area contributed by atoms with Crippen LogP contribution in [0.5, 0.6) is 5.75 Å². The van der Waals surface area contributed by atoms with Crippen LogP contribution in [0.1, 0.15) is 37.4 Å². The smallest absolute Gasteiger partial charge is 0.350 e. The van der Waals surface area contributed by atoms with E-state index in [1.807, 2.05) is 74.5 Å². The lowest BCUT2D eigenvalue weighted by Gasteiger charge is -2.37. The molecule has 0 bridgehead atoms. The lowest BCUT2D eigenvalue weighted by molar-refractivity contribution is -0.192. The van der Waals surface area contributed by atoms with Gasteiger partial charge in [-0.05, 0) is 55.8 Å². The summed E-state index contributed by atoms with van der Waals surface area (Å²) in [5.41, 5.74) is 4.08. The molecule has 0 radical (unpaired) electrons. The third kappa shape index (κ3) is 6.65. The predicted octanol–water partition coefficient (Wildman–Crippen LogP) is 4.14. The number of hydrogen-bond acceptors (Lipinski definition) is 10. The molecule has 4 heterocycles. The number of nitrogens with zero attached hydrogens (tertiary/aromatic N) is 9. The Balaban J connectivity index is 0.956. The Bertz CT molecular complexity index is 1940. The normalized spacial score (nSPS) is 19.9. The van der Waals surface area contributed by atoms with Crippen molar-refractivity contribution in [2.24, 2.45) is 0 Å². The number of aromatic nitrogens is 6. The van der Waals surface area contributed by atoms with E-state index in [0.29, 0.717) is 24.5 Å². The number of piperazine rings is 1. The molecule has 2 fully saturated rings. The third-order valence-corrected chi connectivity index (χ3v) is 9.24. The first-order valence-corrected chi connectivity index (χ1v) is 16.6. The van der Waals surface area contributed by atoms with E-state index in [4.69, 9.17) is 14.2 Å². The van der Waals surface area contributed by atoms with E-state index in [0.717, 1.165) is 55.2 Å². The molecule has 3 atom stereocenters. The average molecular weight is 662 g/mol. The third-order valence-electron chi connectivity index (χ3n) is 9.24. The van der Waals surface area contributed by atoms with Gasteiger partial charge < -0.3 is 24.0 Å². The van der Waals surface area contributed by atoms with Gasteiger partial charge in [0, 0.05) is 43.1 Å². The van der Waals surface area contributed by atoms with Crippen molar-refractivity contribution >= 4 is 11.4 Å². The first-order valence-electron chi connectivity index (χ1n) is 16.6. The Morgan fingerprint density at radius 3 is 2.31 bits per heavy atom. The molecule has 5 aromatic rings. The van der Waals surface area contributed by atoms with Gasteiger partial charge in [0.1, 0.15) is 37.4 Å². The molecule has 3 aromatic carbocycles. The molecule has 0 spiro atoms. The van der Waals surface area contributed by atoms with Crippen molar-refractivity contribution in [2.75, 3.05) is 49.2 Å². The van der Waals surface area contributed by atoms with Crippen LogP contribution in [0, 0.1) is 11.3 Å². The van der Waals surface area contributed by atoms with E-state index in [9.17, 15) is 10.1 Å². The van der Waals surface area contributed by atoms with Gasteiger partial charge in [-0.2, -0.15) is 25.4 Å². The molecule has 13 nitrogen and oxygen atoms in total. The maximum absolute atomic E-state index is 12.8. The van der Waals surface area contributed by atoms with Crippen molar-refractivity contribution in [3.63, 3.8) is 0 Å². The second-order valence-corrected chi connectivity index (χ2v) is 12.3. The number of anilines is 2. The molecule has 7 rings (SSSR count). The van der Waals surface area contributed by atoms with Crippen molar-refractivity contribution in [1.29, 1.82) is 5.26 Å². The second-order valence-electron chi connectivity index (χ2n) is 12.3. The van der Waals surface area contributed by atoms with E-state index >= 15 is 0 Å². The standard InChI is InChI=1S/C36H39N9O4/c1-3-27(2)45-35(46)43(26-40-45)31-11-9-30(10-12-31)41-17-19-42(20-18-41)32-13-14-34(28(21-32)22-37)47-23-33-24-48-36(49-33,25-44-38-15-16-39-44)29-7-5-4-6-8-29/h4-16,21,26-27,33H,3,17-20,23-25H2,1-2H3/t27?,33-,36-/m1/s1. The van der Waals surface area contributed by atoms with Crippen LogP contribution in [0.2, 0.25) is 0 Å². The Hall–Kier alpha value is -5.45. The van der Waals surface area contributed by atoms with E-state index in [1.165, 1.54) is 4.68 Å². The topological polar surface area (TPSA) is 128 Å². The van der Waals surface area contributed by atoms with Gasteiger partial charge in [-0.15, -0.1) is 0 Å². The molecular formula is C36H39N9O4. The Kier molecular flexibility index (Phi) is 9.15. The number of hydrogen-bond donors (Lipinski definition) is 0. The molecule has 2 aliphatic heterocycles. The van der Waals surface area contributed by atoms with Gasteiger partial charge in [-0.3, -0.25) is 0 Å². The fraction of sp³-hybridized carbons (Fsp3) is 0.361. The number of benzene rings is 3. The lowest BCUT2D eigenvalue weighted by Crippen LogP contribution is -2.46. The van der Waals surface area contributed by atoms with Crippen LogP contribution < -0.4 is 20.2 Å². The van der Waals surface area contributed by atoms with Gasteiger partial charge >= 0.3 is 5.69 Å². The van der Waals surface area contributed by atoms with E-state index in [-0.39, 0.29) is 24.4 Å². The summed E-state index contributed by atoms with van der Waals surface area (Å²) in [7, 11) is 0. The summed E-state index contributed by atoms with van der Waals surface area (Å²) in [6, 6.07) is 25.9. The molecule has 0 aliphatic carbocycles. The summed E-state index contributed by atoms with van der Waals surface area (Å²) in [5, 5.41) is 22.8. The molecule has 0 amide bonds. The molecule has 2 aromatic heterocycles. The molecular weight excluding hydrogens is 622 g/mol. The quantitative estimate of drug-likeness (QED) is 0.204. The van der Waals surface area contributed by atoms with E-state index in [1.54, 1.807) is 28.1 Å². The van der Waals surface area contributed by atoms with Crippen LogP contribution in [-0.2, 0) is 21.8 Å². The van der Waals surface area contributed by atoms with Crippen LogP contribution in [0.3, 0.4) is 0 Å². The number of ether oxygens (including phenoxy) is 3. The van der Waals surface area contributed by atoms with Crippen molar-refractivity contribution < 1.29 is 14.2 Å². The van der Waals surface area contributed by atoms with Crippen LogP contribution in [-0.4, -0.2) is 74.8 Å². The minimum Gasteiger partial charge on any atom is -0.489 e. The van der Waals surface area contributed by atoms with Gasteiger partial charge in [0.25, 0.3) is 0 Å². The first kappa shape index (κ1) is 32.1. The van der Waals surface area contributed by atoms with Crippen LogP contribution in [0.15, 0.2) is 96.3 Å². The van der Waals surface area contributed by atoms with Crippen LogP contribution in [0.4, 0.5) is 11.4 Å². The fourth-order valence-corrected chi connectivity index (χ4v) is 6.30. The Morgan fingerprint density at radius 2 is 1.61 bits per heavy atom. The van der Waals surface area contributed by atoms with Gasteiger partial charge in [-0.1, -0.05) is 37.3 Å². The summed E-state index contributed by atoms with van der Waals surface area (Å²) < 4.78 is 22.0. The van der Waals surface area contributed by atoms with Crippen molar-refractivity contribution in [3.05, 3.63) is 113 Å². The SMILES string of the molecule is CCC(C)n1ncn(-c2ccc(N3CCN(c4ccc(OC[C@@H]5CO[C@@](Cn6nccn6)(c6ccccc6)O5)c(C#N)c4)CC3)cc2)c1=O. The zero-order valence-corrected chi connectivity index (χ0v) is 27.6. The van der Waals surface area contributed by atoms with Gasteiger partial charge in [0.2, 0.25) is 5.79 Å². The average Bonchev–Trinajstić information content (AvgIpc) is 3.92. The zero-order chi connectivity index (χ0) is 33.8. The van der Waals surface area contributed by atoms with Crippen molar-refractivity contribution in [3.8, 4) is 17.5 Å². The van der Waals surface area contributed by atoms with Gasteiger partial charge in [-0.25, -0.2) is 14.0 Å². The molecule has 13 heteroatoms. The monoisotopic (exact) mass is 661 g/mol. The van der Waals surface area contributed by atoms with E-state index in [2.05, 4.69) is 43.3 Å². The van der Waals surface area contributed by atoms with Gasteiger partial charge in [0.05, 0.1) is 36.3 Å². The molecule has 2 saturated heterocycles.